The van der Waals surface area contributed by atoms with Crippen molar-refractivity contribution in [3.05, 3.63) is 29.8 Å². The molecule has 0 saturated heterocycles. The van der Waals surface area contributed by atoms with Crippen LogP contribution in [0.2, 0.25) is 0 Å². The van der Waals surface area contributed by atoms with Crippen molar-refractivity contribution in [1.82, 2.24) is 5.32 Å². The Morgan fingerprint density at radius 2 is 1.88 bits per heavy atom. The zero-order valence-electron chi connectivity index (χ0n) is 10.2. The van der Waals surface area contributed by atoms with Crippen LogP contribution in [0.1, 0.15) is 25.5 Å². The highest BCUT2D eigenvalue weighted by atomic mass is 16.5. The summed E-state index contributed by atoms with van der Waals surface area (Å²) in [6, 6.07) is 7.79. The summed E-state index contributed by atoms with van der Waals surface area (Å²) in [5.74, 6) is 1.41. The molecule has 0 heterocycles. The van der Waals surface area contributed by atoms with E-state index in [0.29, 0.717) is 5.92 Å². The van der Waals surface area contributed by atoms with Crippen LogP contribution < -0.4 is 10.1 Å². The van der Waals surface area contributed by atoms with Crippen molar-refractivity contribution in [2.75, 3.05) is 20.3 Å². The van der Waals surface area contributed by atoms with Crippen LogP contribution in [-0.2, 0) is 0 Å². The summed E-state index contributed by atoms with van der Waals surface area (Å²) in [6.45, 7) is 5.31. The third-order valence-electron chi connectivity index (χ3n) is 2.47. The first kappa shape index (κ1) is 13.0. The molecule has 1 unspecified atom stereocenters. The summed E-state index contributed by atoms with van der Waals surface area (Å²) in [5.41, 5.74) is 1.09. The molecule has 0 bridgehead atoms. The Morgan fingerprint density at radius 1 is 1.25 bits per heavy atom. The van der Waals surface area contributed by atoms with Crippen LogP contribution in [0.3, 0.4) is 0 Å². The lowest BCUT2D eigenvalue weighted by Gasteiger charge is -2.18. The third-order valence-corrected chi connectivity index (χ3v) is 2.47. The second-order valence-electron chi connectivity index (χ2n) is 4.31. The number of aliphatic hydroxyl groups is 1. The minimum Gasteiger partial charge on any atom is -0.497 e. The van der Waals surface area contributed by atoms with E-state index in [1.165, 1.54) is 0 Å². The van der Waals surface area contributed by atoms with Crippen LogP contribution in [-0.4, -0.2) is 25.4 Å². The van der Waals surface area contributed by atoms with E-state index in [9.17, 15) is 5.11 Å². The van der Waals surface area contributed by atoms with Crippen molar-refractivity contribution in [3.8, 4) is 5.75 Å². The number of ether oxygens (including phenoxy) is 1. The highest BCUT2D eigenvalue weighted by Crippen LogP contribution is 2.17. The molecule has 16 heavy (non-hydrogen) atoms. The Morgan fingerprint density at radius 3 is 2.31 bits per heavy atom. The summed E-state index contributed by atoms with van der Waals surface area (Å²) in [7, 11) is 1.65. The van der Waals surface area contributed by atoms with Gasteiger partial charge in [-0.1, -0.05) is 26.0 Å². The van der Waals surface area contributed by atoms with Gasteiger partial charge in [0.05, 0.1) is 19.8 Å². The number of benzene rings is 1. The number of nitrogens with one attached hydrogen (secondary N) is 1. The van der Waals surface area contributed by atoms with E-state index >= 15 is 0 Å². The quantitative estimate of drug-likeness (QED) is 0.774. The molecular weight excluding hydrogens is 202 g/mol. The lowest BCUT2D eigenvalue weighted by atomic mass is 10.1. The number of aliphatic hydroxyl groups excluding tert-OH is 1. The lowest BCUT2D eigenvalue weighted by molar-refractivity contribution is 0.241. The molecule has 0 radical (unpaired) electrons. The zero-order valence-corrected chi connectivity index (χ0v) is 10.2. The fraction of sp³-hybridized carbons (Fsp3) is 0.538. The number of hydrogen-bond donors (Lipinski definition) is 2. The van der Waals surface area contributed by atoms with Gasteiger partial charge in [-0.3, -0.25) is 0 Å². The maximum Gasteiger partial charge on any atom is 0.118 e. The van der Waals surface area contributed by atoms with Crippen LogP contribution in [0.5, 0.6) is 5.75 Å². The SMILES string of the molecule is COc1ccc(C(CO)NCC(C)C)cc1. The van der Waals surface area contributed by atoms with Gasteiger partial charge in [0, 0.05) is 0 Å². The van der Waals surface area contributed by atoms with Crippen molar-refractivity contribution in [3.63, 3.8) is 0 Å². The molecule has 1 atom stereocenters. The standard InChI is InChI=1S/C13H21NO2/c1-10(2)8-14-13(9-15)11-4-6-12(16-3)7-5-11/h4-7,10,13-15H,8-9H2,1-3H3. The van der Waals surface area contributed by atoms with Crippen molar-refractivity contribution < 1.29 is 9.84 Å². The molecule has 1 rings (SSSR count). The van der Waals surface area contributed by atoms with Gasteiger partial charge in [-0.2, -0.15) is 0 Å². The highest BCUT2D eigenvalue weighted by Gasteiger charge is 2.09. The summed E-state index contributed by atoms with van der Waals surface area (Å²) in [6.07, 6.45) is 0. The van der Waals surface area contributed by atoms with Crippen molar-refractivity contribution >= 4 is 0 Å². The molecule has 90 valence electrons. The minimum absolute atomic E-state index is 0.00769. The lowest BCUT2D eigenvalue weighted by Crippen LogP contribution is -2.27. The molecule has 0 aliphatic heterocycles. The topological polar surface area (TPSA) is 41.5 Å². The van der Waals surface area contributed by atoms with Gasteiger partial charge >= 0.3 is 0 Å². The second kappa shape index (κ2) is 6.51. The van der Waals surface area contributed by atoms with E-state index in [-0.39, 0.29) is 12.6 Å². The van der Waals surface area contributed by atoms with E-state index in [1.807, 2.05) is 24.3 Å². The Balaban J connectivity index is 2.63. The van der Waals surface area contributed by atoms with Crippen LogP contribution in [0.4, 0.5) is 0 Å². The summed E-state index contributed by atoms with van der Waals surface area (Å²) < 4.78 is 5.10. The van der Waals surface area contributed by atoms with E-state index in [4.69, 9.17) is 4.74 Å². The van der Waals surface area contributed by atoms with E-state index in [1.54, 1.807) is 7.11 Å². The molecule has 0 saturated carbocycles. The number of rotatable bonds is 6. The Kier molecular flexibility index (Phi) is 5.29. The molecule has 1 aromatic carbocycles. The fourth-order valence-electron chi connectivity index (χ4n) is 1.50. The Labute approximate surface area is 97.4 Å². The second-order valence-corrected chi connectivity index (χ2v) is 4.31. The van der Waals surface area contributed by atoms with Gasteiger partial charge < -0.3 is 15.2 Å². The van der Waals surface area contributed by atoms with Gasteiger partial charge in [0.25, 0.3) is 0 Å². The molecule has 2 N–H and O–H groups in total. The van der Waals surface area contributed by atoms with Gasteiger partial charge in [0.1, 0.15) is 5.75 Å². The predicted octanol–water partition coefficient (Wildman–Crippen LogP) is 1.97. The molecule has 0 aromatic heterocycles. The zero-order chi connectivity index (χ0) is 12.0. The first-order valence-electron chi connectivity index (χ1n) is 5.65. The maximum absolute atomic E-state index is 9.33. The van der Waals surface area contributed by atoms with Crippen molar-refractivity contribution in [1.29, 1.82) is 0 Å². The predicted molar refractivity (Wildman–Crippen MR) is 65.7 cm³/mol. The van der Waals surface area contributed by atoms with Crippen molar-refractivity contribution in [2.24, 2.45) is 5.92 Å². The molecule has 3 nitrogen and oxygen atoms in total. The largest absolute Gasteiger partial charge is 0.497 e. The van der Waals surface area contributed by atoms with E-state index < -0.39 is 0 Å². The summed E-state index contributed by atoms with van der Waals surface area (Å²) >= 11 is 0. The first-order valence-corrected chi connectivity index (χ1v) is 5.65. The molecule has 3 heteroatoms. The Hall–Kier alpha value is -1.06. The van der Waals surface area contributed by atoms with Gasteiger partial charge in [0.2, 0.25) is 0 Å². The summed E-state index contributed by atoms with van der Waals surface area (Å²) in [5, 5.41) is 12.7. The molecule has 0 spiro atoms. The number of hydrogen-bond acceptors (Lipinski definition) is 3. The maximum atomic E-state index is 9.33. The summed E-state index contributed by atoms with van der Waals surface area (Å²) in [4.78, 5) is 0. The van der Waals surface area contributed by atoms with Gasteiger partial charge in [-0.05, 0) is 30.2 Å². The minimum atomic E-state index is 0.00769. The van der Waals surface area contributed by atoms with Crippen LogP contribution in [0.15, 0.2) is 24.3 Å². The van der Waals surface area contributed by atoms with Gasteiger partial charge in [-0.25, -0.2) is 0 Å². The molecule has 0 aliphatic rings. The molecule has 1 aromatic rings. The molecular formula is C13H21NO2. The first-order chi connectivity index (χ1) is 7.67. The average Bonchev–Trinajstić information content (AvgIpc) is 2.30. The molecule has 0 amide bonds. The van der Waals surface area contributed by atoms with Crippen LogP contribution in [0.25, 0.3) is 0 Å². The third kappa shape index (κ3) is 3.83. The number of methoxy groups -OCH3 is 1. The van der Waals surface area contributed by atoms with Gasteiger partial charge in [-0.15, -0.1) is 0 Å². The average molecular weight is 223 g/mol. The van der Waals surface area contributed by atoms with E-state index in [0.717, 1.165) is 17.9 Å². The normalized spacial score (nSPS) is 12.8. The van der Waals surface area contributed by atoms with Crippen molar-refractivity contribution in [2.45, 2.75) is 19.9 Å². The van der Waals surface area contributed by atoms with Crippen LogP contribution in [0, 0.1) is 5.92 Å². The highest BCUT2D eigenvalue weighted by molar-refractivity contribution is 5.29. The molecule has 0 aliphatic carbocycles. The fourth-order valence-corrected chi connectivity index (χ4v) is 1.50. The smallest absolute Gasteiger partial charge is 0.118 e. The Bertz CT molecular complexity index is 295. The van der Waals surface area contributed by atoms with Gasteiger partial charge in [0.15, 0.2) is 0 Å². The van der Waals surface area contributed by atoms with Crippen LogP contribution >= 0.6 is 0 Å². The van der Waals surface area contributed by atoms with E-state index in [2.05, 4.69) is 19.2 Å². The molecule has 0 fully saturated rings. The monoisotopic (exact) mass is 223 g/mol.